The molecular weight excluding hydrogens is 501 g/mol. The Morgan fingerprint density at radius 1 is 1.16 bits per heavy atom. The van der Waals surface area contributed by atoms with E-state index < -0.39 is 35.7 Å². The fourth-order valence-corrected chi connectivity index (χ4v) is 4.41. The van der Waals surface area contributed by atoms with Crippen LogP contribution in [0.15, 0.2) is 62.8 Å². The third-order valence-electron chi connectivity index (χ3n) is 4.91. The van der Waals surface area contributed by atoms with Gasteiger partial charge in [0.1, 0.15) is 23.5 Å². The van der Waals surface area contributed by atoms with Crippen molar-refractivity contribution in [2.75, 3.05) is 0 Å². The Bertz CT molecular complexity index is 1110. The molecule has 1 aromatic carbocycles. The molecule has 1 saturated heterocycles. The summed E-state index contributed by atoms with van der Waals surface area (Å²) in [5.41, 5.74) is -3.15. The van der Waals surface area contributed by atoms with Crippen LogP contribution in [-0.4, -0.2) is 28.8 Å². The number of amides is 2. The molecule has 0 spiro atoms. The Morgan fingerprint density at radius 2 is 1.87 bits per heavy atom. The molecule has 11 heteroatoms. The standard InChI is InChI=1S/C20H14BrF3N2O4S/c21-11-5-3-10(4-6-11)12-7-8-13(30-12)16-15(17(27)14-2-1-9-31-14)19(29,20(22,23)24)26-18(28)25-16/h1-9,15-16,29H,(H2,25,26,28)/t15-,16-,19+/m1/s1. The molecule has 1 aliphatic rings. The second-order valence-electron chi connectivity index (χ2n) is 6.87. The van der Waals surface area contributed by atoms with Gasteiger partial charge in [0.05, 0.1) is 4.88 Å². The monoisotopic (exact) mass is 514 g/mol. The quantitative estimate of drug-likeness (QED) is 0.433. The second-order valence-corrected chi connectivity index (χ2v) is 8.73. The van der Waals surface area contributed by atoms with Gasteiger partial charge in [-0.2, -0.15) is 13.2 Å². The summed E-state index contributed by atoms with van der Waals surface area (Å²) in [6.07, 6.45) is -5.32. The van der Waals surface area contributed by atoms with Gasteiger partial charge < -0.3 is 20.2 Å². The SMILES string of the molecule is O=C1N[C@H](c2ccc(-c3ccc(Br)cc3)o2)[C@H](C(=O)c2cccs2)[C@](O)(C(F)(F)F)N1. The summed E-state index contributed by atoms with van der Waals surface area (Å²) in [7, 11) is 0. The van der Waals surface area contributed by atoms with Crippen LogP contribution in [0.4, 0.5) is 18.0 Å². The number of benzene rings is 1. The van der Waals surface area contributed by atoms with E-state index >= 15 is 0 Å². The average molecular weight is 515 g/mol. The largest absolute Gasteiger partial charge is 0.459 e. The molecule has 4 rings (SSSR count). The number of alkyl halides is 3. The maximum absolute atomic E-state index is 13.9. The van der Waals surface area contributed by atoms with E-state index in [1.54, 1.807) is 24.3 Å². The van der Waals surface area contributed by atoms with Gasteiger partial charge in [0.2, 0.25) is 5.72 Å². The van der Waals surface area contributed by atoms with Gasteiger partial charge in [-0.25, -0.2) is 4.79 Å². The van der Waals surface area contributed by atoms with Crippen molar-refractivity contribution in [2.45, 2.75) is 17.9 Å². The van der Waals surface area contributed by atoms with Crippen molar-refractivity contribution in [1.29, 1.82) is 0 Å². The van der Waals surface area contributed by atoms with E-state index in [1.165, 1.54) is 35.0 Å². The zero-order valence-corrected chi connectivity index (χ0v) is 17.8. The number of rotatable bonds is 4. The first-order valence-electron chi connectivity index (χ1n) is 8.91. The number of Topliss-reactive ketones (excluding diaryl/α,β-unsaturated/α-hetero) is 1. The van der Waals surface area contributed by atoms with Crippen LogP contribution in [0.1, 0.15) is 21.5 Å². The van der Waals surface area contributed by atoms with Gasteiger partial charge in [-0.15, -0.1) is 11.3 Å². The minimum absolute atomic E-state index is 0.00955. The number of hydrogen-bond acceptors (Lipinski definition) is 5. The van der Waals surface area contributed by atoms with Crippen LogP contribution in [0, 0.1) is 5.92 Å². The molecule has 162 valence electrons. The summed E-state index contributed by atoms with van der Waals surface area (Å²) in [4.78, 5) is 25.1. The van der Waals surface area contributed by atoms with Crippen LogP contribution in [0.5, 0.6) is 0 Å². The number of urea groups is 1. The van der Waals surface area contributed by atoms with E-state index in [2.05, 4.69) is 21.2 Å². The van der Waals surface area contributed by atoms with Crippen LogP contribution in [0.3, 0.4) is 0 Å². The van der Waals surface area contributed by atoms with Crippen LogP contribution >= 0.6 is 27.3 Å². The van der Waals surface area contributed by atoms with E-state index in [9.17, 15) is 27.9 Å². The fraction of sp³-hybridized carbons (Fsp3) is 0.200. The third kappa shape index (κ3) is 3.88. The Morgan fingerprint density at radius 3 is 2.48 bits per heavy atom. The molecule has 3 atom stereocenters. The molecule has 0 saturated carbocycles. The van der Waals surface area contributed by atoms with Gasteiger partial charge in [-0.3, -0.25) is 4.79 Å². The lowest BCUT2D eigenvalue weighted by atomic mass is 9.80. The summed E-state index contributed by atoms with van der Waals surface area (Å²) >= 11 is 4.24. The van der Waals surface area contributed by atoms with Gasteiger partial charge >= 0.3 is 12.2 Å². The maximum Gasteiger partial charge on any atom is 0.437 e. The highest BCUT2D eigenvalue weighted by atomic mass is 79.9. The van der Waals surface area contributed by atoms with Gasteiger partial charge in [-0.1, -0.05) is 34.1 Å². The third-order valence-corrected chi connectivity index (χ3v) is 6.33. The minimum atomic E-state index is -5.32. The van der Waals surface area contributed by atoms with E-state index in [1.807, 2.05) is 0 Å². The lowest BCUT2D eigenvalue weighted by Gasteiger charge is -2.44. The van der Waals surface area contributed by atoms with Crippen molar-refractivity contribution < 1.29 is 32.3 Å². The number of ketones is 1. The minimum Gasteiger partial charge on any atom is -0.459 e. The second kappa shape index (κ2) is 7.81. The summed E-state index contributed by atoms with van der Waals surface area (Å²) in [5.74, 6) is -2.86. The van der Waals surface area contributed by atoms with Crippen LogP contribution in [-0.2, 0) is 0 Å². The van der Waals surface area contributed by atoms with Gasteiger partial charge in [0, 0.05) is 10.0 Å². The molecule has 0 bridgehead atoms. The van der Waals surface area contributed by atoms with E-state index in [0.29, 0.717) is 11.3 Å². The summed E-state index contributed by atoms with van der Waals surface area (Å²) in [6, 6.07) is 9.90. The van der Waals surface area contributed by atoms with Crippen molar-refractivity contribution in [2.24, 2.45) is 5.92 Å². The highest BCUT2D eigenvalue weighted by molar-refractivity contribution is 9.10. The lowest BCUT2D eigenvalue weighted by Crippen LogP contribution is -2.72. The van der Waals surface area contributed by atoms with E-state index in [-0.39, 0.29) is 10.6 Å². The Hall–Kier alpha value is -2.63. The lowest BCUT2D eigenvalue weighted by molar-refractivity contribution is -0.287. The highest BCUT2D eigenvalue weighted by Gasteiger charge is 2.67. The Kier molecular flexibility index (Phi) is 5.44. The van der Waals surface area contributed by atoms with E-state index in [0.717, 1.165) is 15.8 Å². The van der Waals surface area contributed by atoms with Gasteiger partial charge in [0.15, 0.2) is 5.78 Å². The van der Waals surface area contributed by atoms with Crippen molar-refractivity contribution in [3.8, 4) is 11.3 Å². The molecule has 3 heterocycles. The molecule has 1 fully saturated rings. The molecule has 0 unspecified atom stereocenters. The predicted octanol–water partition coefficient (Wildman–Crippen LogP) is 4.87. The number of halogens is 4. The highest BCUT2D eigenvalue weighted by Crippen LogP contribution is 2.45. The molecule has 3 aromatic rings. The number of carbonyl (C=O) groups excluding carboxylic acids is 2. The smallest absolute Gasteiger partial charge is 0.437 e. The molecular formula is C20H14BrF3N2O4S. The molecule has 2 aromatic heterocycles. The van der Waals surface area contributed by atoms with Crippen LogP contribution < -0.4 is 10.6 Å². The van der Waals surface area contributed by atoms with Crippen LogP contribution in [0.2, 0.25) is 0 Å². The number of nitrogens with one attached hydrogen (secondary N) is 2. The first-order valence-corrected chi connectivity index (χ1v) is 10.6. The molecule has 1 aliphatic heterocycles. The number of hydrogen-bond donors (Lipinski definition) is 3. The summed E-state index contributed by atoms with van der Waals surface area (Å²) in [5, 5.41) is 15.9. The first-order chi connectivity index (χ1) is 14.6. The molecule has 31 heavy (non-hydrogen) atoms. The maximum atomic E-state index is 13.9. The van der Waals surface area contributed by atoms with Gasteiger partial charge in [0.25, 0.3) is 0 Å². The summed E-state index contributed by atoms with van der Waals surface area (Å²) in [6.45, 7) is 0. The molecule has 0 aliphatic carbocycles. The van der Waals surface area contributed by atoms with Gasteiger partial charge in [-0.05, 0) is 35.7 Å². The number of aliphatic hydroxyl groups is 1. The summed E-state index contributed by atoms with van der Waals surface area (Å²) < 4.78 is 48.2. The van der Waals surface area contributed by atoms with Crippen molar-refractivity contribution in [3.05, 3.63) is 69.0 Å². The predicted molar refractivity (Wildman–Crippen MR) is 109 cm³/mol. The van der Waals surface area contributed by atoms with Crippen molar-refractivity contribution >= 4 is 39.1 Å². The molecule has 3 N–H and O–H groups in total. The average Bonchev–Trinajstić information content (AvgIpc) is 3.39. The van der Waals surface area contributed by atoms with Crippen molar-refractivity contribution in [3.63, 3.8) is 0 Å². The van der Waals surface area contributed by atoms with Crippen molar-refractivity contribution in [1.82, 2.24) is 10.6 Å². The molecule has 2 amide bonds. The molecule has 6 nitrogen and oxygen atoms in total. The zero-order valence-electron chi connectivity index (χ0n) is 15.4. The number of furan rings is 1. The Labute approximate surface area is 186 Å². The number of thiophene rings is 1. The molecule has 0 radical (unpaired) electrons. The first kappa shape index (κ1) is 21.6. The normalized spacial score (nSPS) is 23.8. The Balaban J connectivity index is 1.79. The zero-order chi connectivity index (χ0) is 22.4. The van der Waals surface area contributed by atoms with E-state index in [4.69, 9.17) is 4.42 Å². The van der Waals surface area contributed by atoms with Crippen LogP contribution in [0.25, 0.3) is 11.3 Å². The fourth-order valence-electron chi connectivity index (χ4n) is 3.44. The number of carbonyl (C=O) groups is 2. The topological polar surface area (TPSA) is 91.6 Å².